The average molecular weight is 344 g/mol. The largest absolute Gasteiger partial charge is 0.364 e. The lowest BCUT2D eigenvalue weighted by molar-refractivity contribution is -0.142. The van der Waals surface area contributed by atoms with E-state index < -0.39 is 11.7 Å². The Morgan fingerprint density at radius 2 is 1.84 bits per heavy atom. The maximum Gasteiger partial charge on any atom is 0.364 e. The molecule has 6 nitrogen and oxygen atoms in total. The highest BCUT2D eigenvalue weighted by molar-refractivity contribution is 5.66. The van der Waals surface area contributed by atoms with Gasteiger partial charge < -0.3 is 4.84 Å². The number of nitrogens with zero attached hydrogens (tertiary/aromatic N) is 2. The molecular weight excluding hydrogens is 320 g/mol. The van der Waals surface area contributed by atoms with Gasteiger partial charge in [0.2, 0.25) is 0 Å². The fraction of sp³-hybridized carbons (Fsp3) is 0.421. The van der Waals surface area contributed by atoms with Crippen LogP contribution in [-0.2, 0) is 17.8 Å². The summed E-state index contributed by atoms with van der Waals surface area (Å²) in [4.78, 5) is 41.5. The molecular formula is C19H24N2O4. The lowest BCUT2D eigenvalue weighted by Crippen LogP contribution is -2.45. The quantitative estimate of drug-likeness (QED) is 0.830. The van der Waals surface area contributed by atoms with Crippen molar-refractivity contribution in [2.75, 3.05) is 0 Å². The summed E-state index contributed by atoms with van der Waals surface area (Å²) < 4.78 is 1.99. The Kier molecular flexibility index (Phi) is 5.62. The van der Waals surface area contributed by atoms with Crippen molar-refractivity contribution in [2.24, 2.45) is 5.92 Å². The normalized spacial score (nSPS) is 11.0. The molecule has 0 radical (unpaired) electrons. The zero-order chi connectivity index (χ0) is 18.7. The van der Waals surface area contributed by atoms with E-state index in [1.54, 1.807) is 0 Å². The first-order valence-electron chi connectivity index (χ1n) is 8.30. The molecule has 1 aromatic heterocycles. The van der Waals surface area contributed by atoms with Gasteiger partial charge in [-0.25, -0.2) is 9.59 Å². The molecule has 134 valence electrons. The molecule has 0 spiro atoms. The van der Waals surface area contributed by atoms with Crippen molar-refractivity contribution >= 4 is 5.97 Å². The number of hydrogen-bond acceptors (Lipinski definition) is 4. The van der Waals surface area contributed by atoms with Gasteiger partial charge in [0.15, 0.2) is 0 Å². The van der Waals surface area contributed by atoms with E-state index in [1.165, 1.54) is 13.1 Å². The molecule has 0 unspecified atom stereocenters. The SMILES string of the molecule is CC(=O)On1cc(Cc2cccc(C)c2C)c(=O)n(CC(C)C)c1=O. The van der Waals surface area contributed by atoms with Gasteiger partial charge >= 0.3 is 11.7 Å². The maximum absolute atomic E-state index is 12.8. The second kappa shape index (κ2) is 7.51. The molecule has 0 amide bonds. The number of benzene rings is 1. The summed E-state index contributed by atoms with van der Waals surface area (Å²) in [7, 11) is 0. The van der Waals surface area contributed by atoms with Gasteiger partial charge in [0, 0.05) is 25.5 Å². The Bertz CT molecular complexity index is 907. The first-order chi connectivity index (χ1) is 11.7. The Morgan fingerprint density at radius 1 is 1.16 bits per heavy atom. The molecule has 0 bridgehead atoms. The van der Waals surface area contributed by atoms with Crippen LogP contribution in [-0.4, -0.2) is 15.3 Å². The van der Waals surface area contributed by atoms with Crippen molar-refractivity contribution in [2.45, 2.75) is 47.6 Å². The number of carbonyl (C=O) groups is 1. The fourth-order valence-corrected chi connectivity index (χ4v) is 2.69. The minimum atomic E-state index is -0.640. The molecule has 1 heterocycles. The molecule has 0 saturated carbocycles. The van der Waals surface area contributed by atoms with E-state index in [1.807, 2.05) is 45.9 Å². The third-order valence-corrected chi connectivity index (χ3v) is 4.08. The number of aryl methyl sites for hydroxylation is 1. The van der Waals surface area contributed by atoms with Gasteiger partial charge in [0.1, 0.15) is 0 Å². The highest BCUT2D eigenvalue weighted by atomic mass is 16.7. The summed E-state index contributed by atoms with van der Waals surface area (Å²) in [5.41, 5.74) is 2.66. The van der Waals surface area contributed by atoms with Gasteiger partial charge in [-0.2, -0.15) is 0 Å². The summed E-state index contributed by atoms with van der Waals surface area (Å²) in [5.74, 6) is -0.512. The number of hydrogen-bond donors (Lipinski definition) is 0. The van der Waals surface area contributed by atoms with Crippen LogP contribution in [0.3, 0.4) is 0 Å². The van der Waals surface area contributed by atoms with Crippen LogP contribution in [0.25, 0.3) is 0 Å². The number of rotatable bonds is 5. The van der Waals surface area contributed by atoms with Crippen molar-refractivity contribution in [3.63, 3.8) is 0 Å². The topological polar surface area (TPSA) is 70.3 Å². The lowest BCUT2D eigenvalue weighted by atomic mass is 9.98. The zero-order valence-electron chi connectivity index (χ0n) is 15.3. The highest BCUT2D eigenvalue weighted by Gasteiger charge is 2.15. The van der Waals surface area contributed by atoms with Crippen LogP contribution in [0.2, 0.25) is 0 Å². The summed E-state index contributed by atoms with van der Waals surface area (Å²) >= 11 is 0. The summed E-state index contributed by atoms with van der Waals surface area (Å²) in [6.45, 7) is 9.32. The van der Waals surface area contributed by atoms with Crippen molar-refractivity contribution in [1.29, 1.82) is 0 Å². The van der Waals surface area contributed by atoms with E-state index >= 15 is 0 Å². The van der Waals surface area contributed by atoms with Crippen LogP contribution in [0.5, 0.6) is 0 Å². The minimum absolute atomic E-state index is 0.104. The molecule has 2 rings (SSSR count). The predicted molar refractivity (Wildman–Crippen MR) is 95.8 cm³/mol. The van der Waals surface area contributed by atoms with Crippen LogP contribution in [0.15, 0.2) is 34.0 Å². The summed E-state index contributed by atoms with van der Waals surface area (Å²) in [6.07, 6.45) is 1.69. The first-order valence-corrected chi connectivity index (χ1v) is 8.30. The fourth-order valence-electron chi connectivity index (χ4n) is 2.69. The van der Waals surface area contributed by atoms with Crippen molar-refractivity contribution in [3.05, 3.63) is 67.5 Å². The molecule has 1 aromatic carbocycles. The second-order valence-electron chi connectivity index (χ2n) is 6.69. The standard InChI is InChI=1S/C19H24N2O4/c1-12(2)10-20-18(23)17(11-21(19(20)24)25-15(5)22)9-16-8-6-7-13(3)14(16)4/h6-8,11-12H,9-10H2,1-5H3. The third-order valence-electron chi connectivity index (χ3n) is 4.08. The Balaban J connectivity index is 2.60. The van der Waals surface area contributed by atoms with Gasteiger partial charge in [-0.1, -0.05) is 32.0 Å². The van der Waals surface area contributed by atoms with E-state index in [0.29, 0.717) is 12.0 Å². The van der Waals surface area contributed by atoms with Crippen LogP contribution in [0.1, 0.15) is 43.0 Å². The Hall–Kier alpha value is -2.63. The molecule has 0 atom stereocenters. The van der Waals surface area contributed by atoms with Gasteiger partial charge in [-0.15, -0.1) is 4.73 Å². The number of carbonyl (C=O) groups excluding carboxylic acids is 1. The van der Waals surface area contributed by atoms with E-state index in [0.717, 1.165) is 26.0 Å². The molecule has 0 aliphatic carbocycles. The van der Waals surface area contributed by atoms with E-state index in [-0.39, 0.29) is 18.0 Å². The minimum Gasteiger partial charge on any atom is -0.333 e. The first kappa shape index (κ1) is 18.7. The van der Waals surface area contributed by atoms with Gasteiger partial charge in [-0.3, -0.25) is 9.36 Å². The molecule has 0 aliphatic rings. The van der Waals surface area contributed by atoms with Gasteiger partial charge in [0.25, 0.3) is 5.56 Å². The molecule has 25 heavy (non-hydrogen) atoms. The zero-order valence-corrected chi connectivity index (χ0v) is 15.3. The molecule has 0 saturated heterocycles. The van der Waals surface area contributed by atoms with E-state index in [9.17, 15) is 14.4 Å². The van der Waals surface area contributed by atoms with Gasteiger partial charge in [0.05, 0.1) is 6.20 Å². The van der Waals surface area contributed by atoms with Crippen LogP contribution < -0.4 is 16.1 Å². The highest BCUT2D eigenvalue weighted by Crippen LogP contribution is 2.15. The van der Waals surface area contributed by atoms with E-state index in [4.69, 9.17) is 4.84 Å². The average Bonchev–Trinajstić information content (AvgIpc) is 2.52. The third kappa shape index (κ3) is 4.26. The monoisotopic (exact) mass is 344 g/mol. The summed E-state index contributed by atoms with van der Waals surface area (Å²) in [5, 5.41) is 0. The Labute approximate surface area is 146 Å². The maximum atomic E-state index is 12.8. The van der Waals surface area contributed by atoms with Crippen LogP contribution in [0, 0.1) is 19.8 Å². The van der Waals surface area contributed by atoms with Gasteiger partial charge in [-0.05, 0) is 36.5 Å². The smallest absolute Gasteiger partial charge is 0.333 e. The molecule has 0 N–H and O–H groups in total. The molecule has 0 aliphatic heterocycles. The molecule has 6 heteroatoms. The van der Waals surface area contributed by atoms with Crippen molar-refractivity contribution in [1.82, 2.24) is 9.30 Å². The second-order valence-corrected chi connectivity index (χ2v) is 6.69. The predicted octanol–water partition coefficient (Wildman–Crippen LogP) is 1.85. The molecule has 0 fully saturated rings. The molecule has 2 aromatic rings. The van der Waals surface area contributed by atoms with Crippen LogP contribution in [0.4, 0.5) is 0 Å². The Morgan fingerprint density at radius 3 is 2.44 bits per heavy atom. The lowest BCUT2D eigenvalue weighted by Gasteiger charge is -2.14. The number of aromatic nitrogens is 2. The van der Waals surface area contributed by atoms with Crippen LogP contribution >= 0.6 is 0 Å². The summed E-state index contributed by atoms with van der Waals surface area (Å²) in [6, 6.07) is 5.90. The van der Waals surface area contributed by atoms with Crippen molar-refractivity contribution in [3.8, 4) is 0 Å². The van der Waals surface area contributed by atoms with E-state index in [2.05, 4.69) is 0 Å². The van der Waals surface area contributed by atoms with Crippen molar-refractivity contribution < 1.29 is 9.63 Å².